The maximum atomic E-state index is 12.6. The molecule has 1 atom stereocenters. The molecule has 0 saturated carbocycles. The number of carbonyl (C=O) groups excluding carboxylic acids is 1. The van der Waals surface area contributed by atoms with E-state index in [9.17, 15) is 9.59 Å². The summed E-state index contributed by atoms with van der Waals surface area (Å²) in [5, 5.41) is 9.82. The van der Waals surface area contributed by atoms with Gasteiger partial charge in [-0.05, 0) is 26.3 Å². The maximum Gasteiger partial charge on any atom is 0.279 e. The Kier molecular flexibility index (Phi) is 4.94. The van der Waals surface area contributed by atoms with Crippen molar-refractivity contribution < 1.29 is 4.79 Å². The molecule has 2 heterocycles. The van der Waals surface area contributed by atoms with Crippen LogP contribution in [0.3, 0.4) is 0 Å². The molecular weight excluding hydrogens is 324 g/mol. The van der Waals surface area contributed by atoms with Gasteiger partial charge in [-0.25, -0.2) is 9.67 Å². The van der Waals surface area contributed by atoms with Crippen LogP contribution >= 0.6 is 11.3 Å². The summed E-state index contributed by atoms with van der Waals surface area (Å²) in [6.07, 6.45) is 0. The van der Waals surface area contributed by atoms with E-state index in [0.29, 0.717) is 11.3 Å². The molecule has 6 nitrogen and oxygen atoms in total. The molecule has 7 heteroatoms. The van der Waals surface area contributed by atoms with Gasteiger partial charge < -0.3 is 5.32 Å². The largest absolute Gasteiger partial charge is 0.343 e. The van der Waals surface area contributed by atoms with Gasteiger partial charge in [0.2, 0.25) is 0 Å². The van der Waals surface area contributed by atoms with E-state index in [4.69, 9.17) is 0 Å². The van der Waals surface area contributed by atoms with Gasteiger partial charge in [-0.15, -0.1) is 11.3 Å². The van der Waals surface area contributed by atoms with Gasteiger partial charge in [0.05, 0.1) is 17.4 Å². The van der Waals surface area contributed by atoms with Crippen molar-refractivity contribution in [2.24, 2.45) is 7.05 Å². The fraction of sp³-hybridized carbons (Fsp3) is 0.529. The van der Waals surface area contributed by atoms with E-state index >= 15 is 0 Å². The predicted molar refractivity (Wildman–Crippen MR) is 95.6 cm³/mol. The number of nitrogens with one attached hydrogen (secondary N) is 1. The highest BCUT2D eigenvalue weighted by molar-refractivity contribution is 7.09. The van der Waals surface area contributed by atoms with Crippen molar-refractivity contribution >= 4 is 17.2 Å². The summed E-state index contributed by atoms with van der Waals surface area (Å²) in [4.78, 5) is 29.5. The molecule has 0 aromatic carbocycles. The lowest BCUT2D eigenvalue weighted by Gasteiger charge is -2.16. The number of thiazole rings is 1. The third kappa shape index (κ3) is 3.56. The highest BCUT2D eigenvalue weighted by Crippen LogP contribution is 2.26. The van der Waals surface area contributed by atoms with Crippen molar-refractivity contribution in [3.05, 3.63) is 43.3 Å². The van der Waals surface area contributed by atoms with Crippen LogP contribution in [0.1, 0.15) is 66.1 Å². The Morgan fingerprint density at radius 1 is 1.33 bits per heavy atom. The molecule has 0 spiro atoms. The second-order valence-electron chi connectivity index (χ2n) is 7.03. The van der Waals surface area contributed by atoms with Crippen molar-refractivity contribution in [2.45, 2.75) is 53.0 Å². The molecule has 0 fully saturated rings. The summed E-state index contributed by atoms with van der Waals surface area (Å²) < 4.78 is 1.20. The Labute approximate surface area is 145 Å². The van der Waals surface area contributed by atoms with Crippen LogP contribution in [0.5, 0.6) is 0 Å². The zero-order chi connectivity index (χ0) is 18.2. The molecule has 2 aromatic rings. The fourth-order valence-electron chi connectivity index (χ4n) is 2.28. The Morgan fingerprint density at radius 3 is 2.50 bits per heavy atom. The topological polar surface area (TPSA) is 76.9 Å². The molecule has 0 aliphatic heterocycles. The normalized spacial score (nSPS) is 13.0. The second kappa shape index (κ2) is 6.47. The standard InChI is InChI=1S/C17H24N4O2S/c1-9-10(2)20-21(7)16(23)13(9)14(22)18-11(3)15-19-12(8-24-15)17(4,5)6/h8,11H,1-7H3,(H,18,22). The van der Waals surface area contributed by atoms with Crippen LogP contribution in [-0.4, -0.2) is 20.7 Å². The monoisotopic (exact) mass is 348 g/mol. The summed E-state index contributed by atoms with van der Waals surface area (Å²) in [7, 11) is 1.55. The molecule has 2 rings (SSSR count). The van der Waals surface area contributed by atoms with Gasteiger partial charge in [-0.2, -0.15) is 5.10 Å². The molecule has 1 unspecified atom stereocenters. The Hall–Kier alpha value is -2.02. The summed E-state index contributed by atoms with van der Waals surface area (Å²) in [5.41, 5.74) is 1.99. The van der Waals surface area contributed by atoms with E-state index < -0.39 is 11.5 Å². The van der Waals surface area contributed by atoms with Crippen LogP contribution in [-0.2, 0) is 12.5 Å². The SMILES string of the molecule is Cc1nn(C)c(=O)c(C(=O)NC(C)c2nc(C(C)(C)C)cs2)c1C. The smallest absolute Gasteiger partial charge is 0.279 e. The lowest BCUT2D eigenvalue weighted by molar-refractivity contribution is 0.0936. The third-order valence-corrected chi connectivity index (χ3v) is 4.99. The summed E-state index contributed by atoms with van der Waals surface area (Å²) in [6, 6.07) is -0.267. The molecule has 1 amide bonds. The maximum absolute atomic E-state index is 12.6. The fourth-order valence-corrected chi connectivity index (χ4v) is 3.33. The Balaban J connectivity index is 2.27. The highest BCUT2D eigenvalue weighted by Gasteiger charge is 2.23. The van der Waals surface area contributed by atoms with Crippen LogP contribution in [0.2, 0.25) is 0 Å². The molecule has 2 aromatic heterocycles. The van der Waals surface area contributed by atoms with Gasteiger partial charge in [-0.3, -0.25) is 9.59 Å². The Morgan fingerprint density at radius 2 is 1.96 bits per heavy atom. The van der Waals surface area contributed by atoms with Crippen LogP contribution in [0, 0.1) is 13.8 Å². The van der Waals surface area contributed by atoms with Crippen molar-refractivity contribution in [2.75, 3.05) is 0 Å². The van der Waals surface area contributed by atoms with Crippen molar-refractivity contribution in [3.8, 4) is 0 Å². The van der Waals surface area contributed by atoms with E-state index in [1.165, 1.54) is 16.0 Å². The minimum atomic E-state index is -0.391. The summed E-state index contributed by atoms with van der Waals surface area (Å²) in [5.74, 6) is -0.390. The molecule has 0 radical (unpaired) electrons. The van der Waals surface area contributed by atoms with Crippen LogP contribution < -0.4 is 10.9 Å². The lowest BCUT2D eigenvalue weighted by Crippen LogP contribution is -2.36. The first-order valence-electron chi connectivity index (χ1n) is 7.83. The second-order valence-corrected chi connectivity index (χ2v) is 7.92. The van der Waals surface area contributed by atoms with Crippen molar-refractivity contribution in [1.29, 1.82) is 0 Å². The highest BCUT2D eigenvalue weighted by atomic mass is 32.1. The molecule has 0 saturated heterocycles. The number of nitrogens with zero attached hydrogens (tertiary/aromatic N) is 3. The first kappa shape index (κ1) is 18.3. The summed E-state index contributed by atoms with van der Waals surface area (Å²) >= 11 is 1.51. The van der Waals surface area contributed by atoms with E-state index in [0.717, 1.165) is 10.7 Å². The summed E-state index contributed by atoms with van der Waals surface area (Å²) in [6.45, 7) is 11.7. The number of carbonyl (C=O) groups is 1. The van der Waals surface area contributed by atoms with Crippen LogP contribution in [0.4, 0.5) is 0 Å². The molecule has 0 aliphatic rings. The van der Waals surface area contributed by atoms with Gasteiger partial charge in [0.25, 0.3) is 11.5 Å². The van der Waals surface area contributed by atoms with Gasteiger partial charge in [0.15, 0.2) is 0 Å². The quantitative estimate of drug-likeness (QED) is 0.925. The zero-order valence-corrected chi connectivity index (χ0v) is 16.0. The molecule has 1 N–H and O–H groups in total. The molecule has 0 bridgehead atoms. The zero-order valence-electron chi connectivity index (χ0n) is 15.2. The van der Waals surface area contributed by atoms with Crippen LogP contribution in [0.15, 0.2) is 10.2 Å². The van der Waals surface area contributed by atoms with E-state index in [2.05, 4.69) is 36.2 Å². The van der Waals surface area contributed by atoms with Crippen molar-refractivity contribution in [3.63, 3.8) is 0 Å². The third-order valence-electron chi connectivity index (χ3n) is 3.96. The first-order chi connectivity index (χ1) is 11.0. The number of hydrogen-bond donors (Lipinski definition) is 1. The Bertz CT molecular complexity index is 830. The molecule has 130 valence electrons. The average molecular weight is 348 g/mol. The number of amides is 1. The number of aromatic nitrogens is 3. The van der Waals surface area contributed by atoms with E-state index in [1.807, 2.05) is 12.3 Å². The molecule has 24 heavy (non-hydrogen) atoms. The molecular formula is C17H24N4O2S. The minimum absolute atomic E-state index is 0.0345. The lowest BCUT2D eigenvalue weighted by atomic mass is 9.93. The van der Waals surface area contributed by atoms with Crippen molar-refractivity contribution in [1.82, 2.24) is 20.1 Å². The van der Waals surface area contributed by atoms with Gasteiger partial charge in [-0.1, -0.05) is 20.8 Å². The average Bonchev–Trinajstić information content (AvgIpc) is 2.95. The van der Waals surface area contributed by atoms with E-state index in [1.54, 1.807) is 20.9 Å². The van der Waals surface area contributed by atoms with Gasteiger partial charge in [0, 0.05) is 17.8 Å². The first-order valence-corrected chi connectivity index (χ1v) is 8.71. The van der Waals surface area contributed by atoms with Gasteiger partial charge in [0.1, 0.15) is 10.6 Å². The number of hydrogen-bond acceptors (Lipinski definition) is 5. The van der Waals surface area contributed by atoms with E-state index in [-0.39, 0.29) is 17.0 Å². The predicted octanol–water partition coefficient (Wildman–Crippen LogP) is 2.64. The number of rotatable bonds is 3. The number of aryl methyl sites for hydroxylation is 2. The van der Waals surface area contributed by atoms with Crippen LogP contribution in [0.25, 0.3) is 0 Å². The van der Waals surface area contributed by atoms with Gasteiger partial charge >= 0.3 is 0 Å². The minimum Gasteiger partial charge on any atom is -0.343 e. The molecule has 0 aliphatic carbocycles.